The van der Waals surface area contributed by atoms with E-state index in [-0.39, 0.29) is 32.6 Å². The second kappa shape index (κ2) is 18.8. The number of para-hydroxylation sites is 1. The first-order valence-electron chi connectivity index (χ1n) is 14.3. The van der Waals surface area contributed by atoms with E-state index in [1.807, 2.05) is 0 Å². The Morgan fingerprint density at radius 2 is 1.19 bits per heavy atom. The number of carboxylic acid groups (broad SMARTS) is 4. The fraction of sp³-hybridized carbons (Fsp3) is 0.464. The van der Waals surface area contributed by atoms with Gasteiger partial charge in [-0.15, -0.1) is 0 Å². The van der Waals surface area contributed by atoms with Crippen molar-refractivity contribution in [2.75, 3.05) is 65.5 Å². The van der Waals surface area contributed by atoms with E-state index >= 15 is 0 Å². The van der Waals surface area contributed by atoms with Crippen LogP contribution in [0.4, 0.5) is 0 Å². The van der Waals surface area contributed by atoms with Crippen LogP contribution in [-0.4, -0.2) is 164 Å². The summed E-state index contributed by atoms with van der Waals surface area (Å²) in [6.07, 6.45) is 1.57. The lowest BCUT2D eigenvalue weighted by Crippen LogP contribution is -2.56. The van der Waals surface area contributed by atoms with Crippen LogP contribution >= 0.6 is 0 Å². The lowest BCUT2D eigenvalue weighted by atomic mass is 10.0. The fourth-order valence-electron chi connectivity index (χ4n) is 4.68. The van der Waals surface area contributed by atoms with Crippen LogP contribution in [0.1, 0.15) is 5.56 Å². The van der Waals surface area contributed by atoms with Gasteiger partial charge < -0.3 is 46.9 Å². The van der Waals surface area contributed by atoms with Crippen molar-refractivity contribution in [3.8, 4) is 0 Å². The minimum absolute atomic E-state index is 0.0625. The third kappa shape index (κ3) is 13.8. The molecule has 10 N–H and O–H groups in total. The minimum Gasteiger partial charge on any atom is -0.480 e. The van der Waals surface area contributed by atoms with Crippen molar-refractivity contribution >= 4 is 52.5 Å². The van der Waals surface area contributed by atoms with E-state index in [2.05, 4.69) is 15.6 Å². The molecule has 0 aliphatic rings. The molecule has 2 aromatic rings. The number of benzene rings is 1. The highest BCUT2D eigenvalue weighted by molar-refractivity contribution is 5.93. The van der Waals surface area contributed by atoms with Gasteiger partial charge in [0.15, 0.2) is 0 Å². The zero-order chi connectivity index (χ0) is 35.1. The van der Waals surface area contributed by atoms with Gasteiger partial charge in [-0.05, 0) is 11.6 Å². The number of carbonyl (C=O) groups is 7. The molecule has 0 aliphatic carbocycles. The molecule has 258 valence electrons. The van der Waals surface area contributed by atoms with Crippen LogP contribution in [0.15, 0.2) is 30.5 Å². The maximum atomic E-state index is 13.2. The predicted octanol–water partition coefficient (Wildman–Crippen LogP) is -3.60. The maximum absolute atomic E-state index is 13.2. The third-order valence-electron chi connectivity index (χ3n) is 6.86. The molecule has 2 rings (SSSR count). The quantitative estimate of drug-likeness (QED) is 0.0554. The lowest BCUT2D eigenvalue weighted by molar-refractivity contribution is -0.143. The molecule has 19 nitrogen and oxygen atoms in total. The first kappa shape index (κ1) is 38.1. The molecule has 1 heterocycles. The number of aliphatic hydroxyl groups excluding tert-OH is 1. The lowest BCUT2D eigenvalue weighted by Gasteiger charge is -2.28. The van der Waals surface area contributed by atoms with Crippen LogP contribution in [-0.2, 0) is 40.0 Å². The molecular formula is C28H39N7O12. The van der Waals surface area contributed by atoms with Crippen LogP contribution in [0.5, 0.6) is 0 Å². The van der Waals surface area contributed by atoms with Crippen LogP contribution in [0, 0.1) is 0 Å². The largest absolute Gasteiger partial charge is 0.480 e. The van der Waals surface area contributed by atoms with E-state index in [0.29, 0.717) is 5.56 Å². The van der Waals surface area contributed by atoms with Gasteiger partial charge in [-0.1, -0.05) is 18.2 Å². The number of hydrogen-bond donors (Lipinski definition) is 9. The molecule has 0 radical (unpaired) electrons. The van der Waals surface area contributed by atoms with Crippen LogP contribution in [0.3, 0.4) is 0 Å². The Balaban J connectivity index is 2.18. The van der Waals surface area contributed by atoms with Gasteiger partial charge in [-0.25, -0.2) is 0 Å². The Kier molecular flexibility index (Phi) is 15.2. The zero-order valence-electron chi connectivity index (χ0n) is 25.3. The van der Waals surface area contributed by atoms with Crippen molar-refractivity contribution in [1.29, 1.82) is 0 Å². The van der Waals surface area contributed by atoms with Gasteiger partial charge in [0, 0.05) is 49.7 Å². The van der Waals surface area contributed by atoms with Crippen LogP contribution in [0.2, 0.25) is 0 Å². The third-order valence-corrected chi connectivity index (χ3v) is 6.86. The van der Waals surface area contributed by atoms with E-state index in [9.17, 15) is 48.9 Å². The topological polar surface area (TPSA) is 296 Å². The number of aromatic nitrogens is 1. The van der Waals surface area contributed by atoms with Gasteiger partial charge in [0.25, 0.3) is 0 Å². The number of nitrogens with zero attached hydrogens (tertiary/aromatic N) is 3. The Hall–Kier alpha value is -5.11. The molecule has 0 saturated heterocycles. The smallest absolute Gasteiger partial charge is 0.317 e. The number of aliphatic hydroxyl groups is 1. The second-order valence-corrected chi connectivity index (χ2v) is 10.6. The Morgan fingerprint density at radius 1 is 0.702 bits per heavy atom. The minimum atomic E-state index is -1.43. The molecule has 1 aromatic carbocycles. The number of carboxylic acids is 4. The highest BCUT2D eigenvalue weighted by Crippen LogP contribution is 2.19. The molecular weight excluding hydrogens is 626 g/mol. The molecule has 0 fully saturated rings. The summed E-state index contributed by atoms with van der Waals surface area (Å²) in [5.41, 5.74) is 6.61. The van der Waals surface area contributed by atoms with Gasteiger partial charge in [-0.3, -0.25) is 48.3 Å². The first-order chi connectivity index (χ1) is 22.2. The Bertz CT molecular complexity index is 1420. The van der Waals surface area contributed by atoms with E-state index in [0.717, 1.165) is 15.8 Å². The highest BCUT2D eigenvalue weighted by Gasteiger charge is 2.28. The van der Waals surface area contributed by atoms with Gasteiger partial charge in [0.2, 0.25) is 17.7 Å². The molecule has 0 aliphatic heterocycles. The molecule has 0 unspecified atom stereocenters. The summed E-state index contributed by atoms with van der Waals surface area (Å²) in [7, 11) is 0. The number of fused-ring (bicyclic) bond motifs is 1. The summed E-state index contributed by atoms with van der Waals surface area (Å²) in [6, 6.07) is 4.43. The summed E-state index contributed by atoms with van der Waals surface area (Å²) in [5.74, 6) is -7.77. The number of nitrogens with two attached hydrogens (primary N) is 1. The molecule has 1 aromatic heterocycles. The van der Waals surface area contributed by atoms with Gasteiger partial charge >= 0.3 is 23.9 Å². The summed E-state index contributed by atoms with van der Waals surface area (Å²) in [6.45, 7) is -4.21. The molecule has 2 atom stereocenters. The molecule has 0 bridgehead atoms. The highest BCUT2D eigenvalue weighted by atomic mass is 16.4. The van der Waals surface area contributed by atoms with Crippen LogP contribution < -0.4 is 16.4 Å². The molecule has 0 spiro atoms. The Morgan fingerprint density at radius 3 is 1.70 bits per heavy atom. The van der Waals surface area contributed by atoms with E-state index in [1.54, 1.807) is 30.5 Å². The Labute approximate surface area is 267 Å². The number of amides is 3. The van der Waals surface area contributed by atoms with Gasteiger partial charge in [-0.2, -0.15) is 0 Å². The summed E-state index contributed by atoms with van der Waals surface area (Å²) in [5, 5.41) is 51.9. The SMILES string of the molecule is NC(=O)[C@H](CO)NC(=O)[C@H](Cc1c[nH]c2ccccc12)NC(=O)CN(CCN(CCN(CC(=O)O)CC(=O)O)CC(=O)O)CC(=O)O. The number of carbonyl (C=O) groups excluding carboxylic acids is 3. The summed E-state index contributed by atoms with van der Waals surface area (Å²) in [4.78, 5) is 89.8. The van der Waals surface area contributed by atoms with Crippen molar-refractivity contribution in [2.45, 2.75) is 18.5 Å². The fourth-order valence-corrected chi connectivity index (χ4v) is 4.68. The van der Waals surface area contributed by atoms with Gasteiger partial charge in [0.1, 0.15) is 12.1 Å². The number of aliphatic carboxylic acids is 4. The summed E-state index contributed by atoms with van der Waals surface area (Å²) < 4.78 is 0. The predicted molar refractivity (Wildman–Crippen MR) is 162 cm³/mol. The number of rotatable bonds is 23. The first-order valence-corrected chi connectivity index (χ1v) is 14.3. The molecule has 19 heteroatoms. The van der Waals surface area contributed by atoms with E-state index in [1.165, 1.54) is 9.80 Å². The number of primary amides is 1. The average molecular weight is 666 g/mol. The van der Waals surface area contributed by atoms with Gasteiger partial charge in [0.05, 0.1) is 39.3 Å². The number of H-pyrrole nitrogens is 1. The molecule has 47 heavy (non-hydrogen) atoms. The number of hydrogen-bond acceptors (Lipinski definition) is 11. The second-order valence-electron chi connectivity index (χ2n) is 10.6. The zero-order valence-corrected chi connectivity index (χ0v) is 25.3. The van der Waals surface area contributed by atoms with Crippen molar-refractivity contribution < 1.29 is 59.1 Å². The maximum Gasteiger partial charge on any atom is 0.317 e. The average Bonchev–Trinajstić information content (AvgIpc) is 3.37. The van der Waals surface area contributed by atoms with E-state index < -0.39 is 93.0 Å². The van der Waals surface area contributed by atoms with Crippen molar-refractivity contribution in [2.24, 2.45) is 5.73 Å². The van der Waals surface area contributed by atoms with Crippen LogP contribution in [0.25, 0.3) is 10.9 Å². The monoisotopic (exact) mass is 665 g/mol. The molecule has 0 saturated carbocycles. The number of nitrogens with one attached hydrogen (secondary N) is 3. The summed E-state index contributed by atoms with van der Waals surface area (Å²) >= 11 is 0. The van der Waals surface area contributed by atoms with Crippen molar-refractivity contribution in [1.82, 2.24) is 30.3 Å². The van der Waals surface area contributed by atoms with Crippen molar-refractivity contribution in [3.63, 3.8) is 0 Å². The van der Waals surface area contributed by atoms with Crippen molar-refractivity contribution in [3.05, 3.63) is 36.0 Å². The van der Waals surface area contributed by atoms with E-state index in [4.69, 9.17) is 15.9 Å². The normalized spacial score (nSPS) is 12.6. The number of aromatic amines is 1. The molecule has 3 amide bonds. The standard InChI is InChI=1S/C28H39N7O12/c29-27(46)21(16-36)32-28(47)20(9-17-10-30-19-4-2-1-3-18(17)19)31-22(37)11-34(13-24(40)41)7-5-33(12-23(38)39)6-8-35(14-25(42)43)15-26(44)45/h1-4,10,20-21,30,36H,5-9,11-16H2,(H2,29,46)(H,31,37)(H,32,47)(H,38,39)(H,40,41)(H,42,43)(H,44,45)/t20-,21-/m0/s1.